The van der Waals surface area contributed by atoms with Crippen molar-refractivity contribution < 1.29 is 14.3 Å². The number of rotatable bonds is 5. The maximum atomic E-state index is 11.4. The van der Waals surface area contributed by atoms with Crippen molar-refractivity contribution in [3.63, 3.8) is 0 Å². The monoisotopic (exact) mass is 307 g/mol. The zero-order valence-electron chi connectivity index (χ0n) is 9.45. The number of halogens is 1. The average Bonchev–Trinajstić information content (AvgIpc) is 2.67. The van der Waals surface area contributed by atoms with E-state index in [9.17, 15) is 4.79 Å². The maximum absolute atomic E-state index is 11.4. The van der Waals surface area contributed by atoms with Gasteiger partial charge in [0.1, 0.15) is 9.88 Å². The predicted molar refractivity (Wildman–Crippen MR) is 66.4 cm³/mol. The predicted octanol–water partition coefficient (Wildman–Crippen LogP) is 2.71. The SMILES string of the molecule is COCCC(Br)c1nc(C)c(C(=O)OC)s1. The van der Waals surface area contributed by atoms with Gasteiger partial charge in [-0.05, 0) is 13.3 Å². The third-order valence-electron chi connectivity index (χ3n) is 2.03. The molecule has 0 aliphatic carbocycles. The van der Waals surface area contributed by atoms with Crippen molar-refractivity contribution in [3.8, 4) is 0 Å². The molecule has 0 saturated heterocycles. The lowest BCUT2D eigenvalue weighted by Crippen LogP contribution is -1.99. The van der Waals surface area contributed by atoms with Crippen molar-refractivity contribution in [1.29, 1.82) is 0 Å². The lowest BCUT2D eigenvalue weighted by atomic mass is 10.3. The Hall–Kier alpha value is -0.460. The van der Waals surface area contributed by atoms with Gasteiger partial charge in [-0.1, -0.05) is 15.9 Å². The number of carbonyl (C=O) groups is 1. The highest BCUT2D eigenvalue weighted by Gasteiger charge is 2.19. The molecule has 1 unspecified atom stereocenters. The average molecular weight is 308 g/mol. The molecule has 0 spiro atoms. The Balaban J connectivity index is 2.79. The summed E-state index contributed by atoms with van der Waals surface area (Å²) in [6, 6.07) is 0. The molecule has 0 radical (unpaired) electrons. The quantitative estimate of drug-likeness (QED) is 0.620. The molecule has 1 heterocycles. The van der Waals surface area contributed by atoms with E-state index in [0.717, 1.165) is 11.4 Å². The number of aromatic nitrogens is 1. The second kappa shape index (κ2) is 6.32. The number of alkyl halides is 1. The number of aryl methyl sites for hydroxylation is 1. The third-order valence-corrected chi connectivity index (χ3v) is 4.47. The van der Waals surface area contributed by atoms with Crippen LogP contribution in [0.25, 0.3) is 0 Å². The Kier molecular flexibility index (Phi) is 5.37. The van der Waals surface area contributed by atoms with E-state index in [4.69, 9.17) is 4.74 Å². The minimum atomic E-state index is -0.326. The van der Waals surface area contributed by atoms with Crippen LogP contribution >= 0.6 is 27.3 Å². The van der Waals surface area contributed by atoms with Crippen LogP contribution in [0.3, 0.4) is 0 Å². The zero-order chi connectivity index (χ0) is 12.1. The van der Waals surface area contributed by atoms with E-state index < -0.39 is 0 Å². The zero-order valence-corrected chi connectivity index (χ0v) is 11.9. The summed E-state index contributed by atoms with van der Waals surface area (Å²) in [5.74, 6) is -0.326. The molecule has 16 heavy (non-hydrogen) atoms. The molecule has 0 N–H and O–H groups in total. The number of methoxy groups -OCH3 is 2. The van der Waals surface area contributed by atoms with Crippen molar-refractivity contribution >= 4 is 33.2 Å². The highest BCUT2D eigenvalue weighted by Crippen LogP contribution is 2.31. The van der Waals surface area contributed by atoms with Gasteiger partial charge in [-0.25, -0.2) is 9.78 Å². The molecule has 90 valence electrons. The summed E-state index contributed by atoms with van der Waals surface area (Å²) in [4.78, 5) is 16.4. The molecule has 4 nitrogen and oxygen atoms in total. The van der Waals surface area contributed by atoms with Gasteiger partial charge in [0.25, 0.3) is 0 Å². The molecule has 0 bridgehead atoms. The van der Waals surface area contributed by atoms with Crippen molar-refractivity contribution in [2.75, 3.05) is 20.8 Å². The van der Waals surface area contributed by atoms with Crippen molar-refractivity contribution in [2.45, 2.75) is 18.2 Å². The molecule has 0 saturated carbocycles. The van der Waals surface area contributed by atoms with Gasteiger partial charge in [-0.15, -0.1) is 11.3 Å². The second-order valence-corrected chi connectivity index (χ2v) is 5.34. The summed E-state index contributed by atoms with van der Waals surface area (Å²) >= 11 is 4.88. The van der Waals surface area contributed by atoms with Crippen LogP contribution in [0.1, 0.15) is 31.6 Å². The lowest BCUT2D eigenvalue weighted by molar-refractivity contribution is 0.0605. The molecular formula is C10H14BrNO3S. The standard InChI is InChI=1S/C10H14BrNO3S/c1-6-8(10(13)15-3)16-9(12-6)7(11)4-5-14-2/h7H,4-5H2,1-3H3. The number of ether oxygens (including phenoxy) is 2. The lowest BCUT2D eigenvalue weighted by Gasteiger charge is -2.04. The summed E-state index contributed by atoms with van der Waals surface area (Å²) in [5, 5.41) is 0.884. The highest BCUT2D eigenvalue weighted by atomic mass is 79.9. The fourth-order valence-corrected chi connectivity index (χ4v) is 2.75. The van der Waals surface area contributed by atoms with Crippen LogP contribution in [0.15, 0.2) is 0 Å². The molecule has 1 aromatic rings. The van der Waals surface area contributed by atoms with Crippen molar-refractivity contribution in [1.82, 2.24) is 4.98 Å². The summed E-state index contributed by atoms with van der Waals surface area (Å²) in [6.07, 6.45) is 0.823. The van der Waals surface area contributed by atoms with E-state index in [-0.39, 0.29) is 10.8 Å². The minimum Gasteiger partial charge on any atom is -0.465 e. The topological polar surface area (TPSA) is 48.4 Å². The summed E-state index contributed by atoms with van der Waals surface area (Å²) in [6.45, 7) is 2.46. The number of nitrogens with zero attached hydrogens (tertiary/aromatic N) is 1. The van der Waals surface area contributed by atoms with Crippen LogP contribution in [0, 0.1) is 6.92 Å². The van der Waals surface area contributed by atoms with E-state index in [1.165, 1.54) is 18.4 Å². The summed E-state index contributed by atoms with van der Waals surface area (Å²) in [5.41, 5.74) is 0.716. The number of carbonyl (C=O) groups excluding carboxylic acids is 1. The Labute approximate surface area is 107 Å². The summed E-state index contributed by atoms with van der Waals surface area (Å²) < 4.78 is 9.68. The van der Waals surface area contributed by atoms with Gasteiger partial charge in [0.15, 0.2) is 0 Å². The largest absolute Gasteiger partial charge is 0.465 e. The molecule has 0 aromatic carbocycles. The van der Waals surface area contributed by atoms with Crippen molar-refractivity contribution in [3.05, 3.63) is 15.6 Å². The fraction of sp³-hybridized carbons (Fsp3) is 0.600. The van der Waals surface area contributed by atoms with Gasteiger partial charge in [0, 0.05) is 13.7 Å². The minimum absolute atomic E-state index is 0.120. The van der Waals surface area contributed by atoms with Gasteiger partial charge in [0.2, 0.25) is 0 Å². The molecule has 1 atom stereocenters. The van der Waals surface area contributed by atoms with E-state index >= 15 is 0 Å². The number of esters is 1. The summed E-state index contributed by atoms with van der Waals surface area (Å²) in [7, 11) is 3.03. The molecule has 1 aromatic heterocycles. The first-order valence-corrected chi connectivity index (χ1v) is 6.52. The maximum Gasteiger partial charge on any atom is 0.349 e. The Morgan fingerprint density at radius 3 is 2.81 bits per heavy atom. The van der Waals surface area contributed by atoms with E-state index in [2.05, 4.69) is 25.7 Å². The van der Waals surface area contributed by atoms with Crippen LogP contribution in [-0.2, 0) is 9.47 Å². The van der Waals surface area contributed by atoms with Gasteiger partial charge in [-0.3, -0.25) is 0 Å². The van der Waals surface area contributed by atoms with E-state index in [0.29, 0.717) is 17.2 Å². The molecule has 0 aliphatic rings. The normalized spacial score (nSPS) is 12.5. The molecule has 6 heteroatoms. The number of hydrogen-bond donors (Lipinski definition) is 0. The first kappa shape index (κ1) is 13.6. The first-order chi connectivity index (χ1) is 7.60. The third kappa shape index (κ3) is 3.26. The van der Waals surface area contributed by atoms with E-state index in [1.54, 1.807) is 7.11 Å². The van der Waals surface area contributed by atoms with Crippen molar-refractivity contribution in [2.24, 2.45) is 0 Å². The van der Waals surface area contributed by atoms with E-state index in [1.807, 2.05) is 6.92 Å². The van der Waals surface area contributed by atoms with Gasteiger partial charge >= 0.3 is 5.97 Å². The van der Waals surface area contributed by atoms with Crippen LogP contribution in [-0.4, -0.2) is 31.8 Å². The fourth-order valence-electron chi connectivity index (χ4n) is 1.18. The number of thiazole rings is 1. The Morgan fingerprint density at radius 2 is 2.25 bits per heavy atom. The molecular weight excluding hydrogens is 294 g/mol. The molecule has 0 fully saturated rings. The Bertz CT molecular complexity index is 367. The van der Waals surface area contributed by atoms with Gasteiger partial charge < -0.3 is 9.47 Å². The first-order valence-electron chi connectivity index (χ1n) is 4.78. The van der Waals surface area contributed by atoms with Gasteiger partial charge in [0.05, 0.1) is 17.6 Å². The van der Waals surface area contributed by atoms with Crippen LogP contribution < -0.4 is 0 Å². The molecule has 0 aliphatic heterocycles. The van der Waals surface area contributed by atoms with Crippen LogP contribution in [0.4, 0.5) is 0 Å². The molecule has 0 amide bonds. The highest BCUT2D eigenvalue weighted by molar-refractivity contribution is 9.09. The number of hydrogen-bond acceptors (Lipinski definition) is 5. The Morgan fingerprint density at radius 1 is 1.56 bits per heavy atom. The molecule has 1 rings (SSSR count). The smallest absolute Gasteiger partial charge is 0.349 e. The van der Waals surface area contributed by atoms with Gasteiger partial charge in [-0.2, -0.15) is 0 Å². The second-order valence-electron chi connectivity index (χ2n) is 3.21. The van der Waals surface area contributed by atoms with Crippen LogP contribution in [0.5, 0.6) is 0 Å². The van der Waals surface area contributed by atoms with Crippen LogP contribution in [0.2, 0.25) is 0 Å².